The first kappa shape index (κ1) is 12.9. The van der Waals surface area contributed by atoms with Gasteiger partial charge in [-0.05, 0) is 26.0 Å². The highest BCUT2D eigenvalue weighted by molar-refractivity contribution is 6.32. The molecule has 0 bridgehead atoms. The molecule has 0 aliphatic rings. The maximum atomic E-state index is 5.96. The van der Waals surface area contributed by atoms with Crippen molar-refractivity contribution in [3.63, 3.8) is 0 Å². The molecule has 0 aliphatic carbocycles. The zero-order valence-electron chi connectivity index (χ0n) is 10.2. The van der Waals surface area contributed by atoms with E-state index in [1.54, 1.807) is 26.0 Å². The Morgan fingerprint density at radius 2 is 2.11 bits per heavy atom. The fraction of sp³-hybridized carbons (Fsp3) is 0.333. The van der Waals surface area contributed by atoms with Crippen molar-refractivity contribution in [2.45, 2.75) is 26.0 Å². The molecule has 2 rings (SSSR count). The number of halogens is 1. The van der Waals surface area contributed by atoms with E-state index in [0.717, 1.165) is 0 Å². The summed E-state index contributed by atoms with van der Waals surface area (Å²) < 4.78 is 10.5. The molecule has 0 spiro atoms. The molecule has 0 fully saturated rings. The van der Waals surface area contributed by atoms with Gasteiger partial charge < -0.3 is 15.0 Å². The Morgan fingerprint density at radius 3 is 2.72 bits per heavy atom. The van der Waals surface area contributed by atoms with Gasteiger partial charge in [0.2, 0.25) is 0 Å². The van der Waals surface area contributed by atoms with Gasteiger partial charge in [-0.15, -0.1) is 0 Å². The predicted molar refractivity (Wildman–Crippen MR) is 67.3 cm³/mol. The van der Waals surface area contributed by atoms with E-state index < -0.39 is 5.54 Å². The average Bonchev–Trinajstić information content (AvgIpc) is 2.76. The molecule has 96 valence electrons. The summed E-state index contributed by atoms with van der Waals surface area (Å²) in [7, 11) is 0. The Hall–Kier alpha value is -1.59. The van der Waals surface area contributed by atoms with Crippen LogP contribution in [-0.4, -0.2) is 10.1 Å². The largest absolute Gasteiger partial charge is 0.482 e. The van der Waals surface area contributed by atoms with Crippen molar-refractivity contribution < 1.29 is 9.26 Å². The van der Waals surface area contributed by atoms with Gasteiger partial charge in [0.1, 0.15) is 5.75 Å². The Kier molecular flexibility index (Phi) is 3.54. The summed E-state index contributed by atoms with van der Waals surface area (Å²) in [6.45, 7) is 3.76. The first-order valence-corrected chi connectivity index (χ1v) is 5.84. The maximum Gasteiger partial charge on any atom is 0.264 e. The van der Waals surface area contributed by atoms with Crippen molar-refractivity contribution in [2.24, 2.45) is 5.73 Å². The minimum Gasteiger partial charge on any atom is -0.482 e. The van der Waals surface area contributed by atoms with Crippen molar-refractivity contribution in [2.75, 3.05) is 0 Å². The van der Waals surface area contributed by atoms with Crippen LogP contribution in [0.3, 0.4) is 0 Å². The standard InChI is InChI=1S/C12H14ClN3O2/c1-12(2,14)11-15-10(18-16-11)7-17-9-6-4-3-5-8(9)13/h3-6H,7,14H2,1-2H3. The second kappa shape index (κ2) is 4.96. The van der Waals surface area contributed by atoms with E-state index in [4.69, 9.17) is 26.6 Å². The number of hydrogen-bond acceptors (Lipinski definition) is 5. The minimum atomic E-state index is -0.633. The van der Waals surface area contributed by atoms with E-state index in [2.05, 4.69) is 10.1 Å². The third-order valence-corrected chi connectivity index (χ3v) is 2.54. The molecule has 1 aromatic heterocycles. The predicted octanol–water partition coefficient (Wildman–Crippen LogP) is 2.50. The zero-order valence-corrected chi connectivity index (χ0v) is 10.9. The van der Waals surface area contributed by atoms with Crippen LogP contribution < -0.4 is 10.5 Å². The van der Waals surface area contributed by atoms with Crippen molar-refractivity contribution in [3.05, 3.63) is 41.0 Å². The van der Waals surface area contributed by atoms with Gasteiger partial charge >= 0.3 is 0 Å². The Labute approximate surface area is 110 Å². The van der Waals surface area contributed by atoms with Crippen molar-refractivity contribution >= 4 is 11.6 Å². The van der Waals surface area contributed by atoms with Crippen LogP contribution in [0.4, 0.5) is 0 Å². The number of aromatic nitrogens is 2. The number of rotatable bonds is 4. The Balaban J connectivity index is 2.03. The van der Waals surface area contributed by atoms with E-state index >= 15 is 0 Å². The molecule has 0 atom stereocenters. The molecule has 1 heterocycles. The molecule has 0 radical (unpaired) electrons. The third-order valence-electron chi connectivity index (χ3n) is 2.23. The van der Waals surface area contributed by atoms with Crippen molar-refractivity contribution in [3.8, 4) is 5.75 Å². The van der Waals surface area contributed by atoms with Crippen molar-refractivity contribution in [1.29, 1.82) is 0 Å². The van der Waals surface area contributed by atoms with Crippen LogP contribution in [0.5, 0.6) is 5.75 Å². The third kappa shape index (κ3) is 3.00. The van der Waals surface area contributed by atoms with E-state index in [1.807, 2.05) is 12.1 Å². The van der Waals surface area contributed by atoms with E-state index in [9.17, 15) is 0 Å². The van der Waals surface area contributed by atoms with Crippen LogP contribution in [0, 0.1) is 0 Å². The number of hydrogen-bond donors (Lipinski definition) is 1. The first-order valence-electron chi connectivity index (χ1n) is 5.46. The SMILES string of the molecule is CC(C)(N)c1noc(COc2ccccc2Cl)n1. The number of para-hydroxylation sites is 1. The number of benzene rings is 1. The lowest BCUT2D eigenvalue weighted by Crippen LogP contribution is -2.30. The Morgan fingerprint density at radius 1 is 1.39 bits per heavy atom. The van der Waals surface area contributed by atoms with Gasteiger partial charge in [0.15, 0.2) is 12.4 Å². The smallest absolute Gasteiger partial charge is 0.264 e. The summed E-state index contributed by atoms with van der Waals surface area (Å²) >= 11 is 5.96. The topological polar surface area (TPSA) is 74.2 Å². The quantitative estimate of drug-likeness (QED) is 0.921. The summed E-state index contributed by atoms with van der Waals surface area (Å²) in [6.07, 6.45) is 0. The Bertz CT molecular complexity index is 534. The number of nitrogens with two attached hydrogens (primary N) is 1. The highest BCUT2D eigenvalue weighted by Crippen LogP contribution is 2.24. The van der Waals surface area contributed by atoms with Gasteiger partial charge in [0.25, 0.3) is 5.89 Å². The lowest BCUT2D eigenvalue weighted by molar-refractivity contribution is 0.242. The fourth-order valence-corrected chi connectivity index (χ4v) is 1.47. The molecule has 0 saturated carbocycles. The van der Waals surface area contributed by atoms with Crippen molar-refractivity contribution in [1.82, 2.24) is 10.1 Å². The van der Waals surface area contributed by atoms with Gasteiger partial charge in [-0.1, -0.05) is 28.9 Å². The normalized spacial score (nSPS) is 11.6. The van der Waals surface area contributed by atoms with Gasteiger partial charge in [0, 0.05) is 0 Å². The van der Waals surface area contributed by atoms with Crippen LogP contribution in [0.1, 0.15) is 25.6 Å². The van der Waals surface area contributed by atoms with Gasteiger partial charge in [-0.25, -0.2) is 0 Å². The molecule has 0 amide bonds. The lowest BCUT2D eigenvalue weighted by atomic mass is 10.1. The molecule has 6 heteroatoms. The summed E-state index contributed by atoms with van der Waals surface area (Å²) in [5.74, 6) is 1.38. The van der Waals surface area contributed by atoms with E-state index in [1.165, 1.54) is 0 Å². The summed E-state index contributed by atoms with van der Waals surface area (Å²) in [5.41, 5.74) is 5.22. The van der Waals surface area contributed by atoms with Crippen LogP contribution in [0.2, 0.25) is 5.02 Å². The zero-order chi connectivity index (χ0) is 13.2. The van der Waals surface area contributed by atoms with Crippen LogP contribution in [0.15, 0.2) is 28.8 Å². The van der Waals surface area contributed by atoms with E-state index in [-0.39, 0.29) is 6.61 Å². The molecule has 0 unspecified atom stereocenters. The molecule has 0 saturated heterocycles. The summed E-state index contributed by atoms with van der Waals surface area (Å²) in [4.78, 5) is 4.16. The second-order valence-corrected chi connectivity index (χ2v) is 4.86. The van der Waals surface area contributed by atoms with Gasteiger partial charge in [-0.2, -0.15) is 4.98 Å². The first-order chi connectivity index (χ1) is 8.47. The van der Waals surface area contributed by atoms with Crippen LogP contribution in [0.25, 0.3) is 0 Å². The number of nitrogens with zero attached hydrogens (tertiary/aromatic N) is 2. The number of ether oxygens (including phenoxy) is 1. The highest BCUT2D eigenvalue weighted by atomic mass is 35.5. The minimum absolute atomic E-state index is 0.160. The van der Waals surface area contributed by atoms with E-state index in [0.29, 0.717) is 22.5 Å². The average molecular weight is 268 g/mol. The van der Waals surface area contributed by atoms with Crippen LogP contribution >= 0.6 is 11.6 Å². The molecular weight excluding hydrogens is 254 g/mol. The maximum absolute atomic E-state index is 5.96. The molecule has 2 aromatic rings. The molecule has 18 heavy (non-hydrogen) atoms. The monoisotopic (exact) mass is 267 g/mol. The molecular formula is C12H14ClN3O2. The second-order valence-electron chi connectivity index (χ2n) is 4.45. The molecule has 1 aromatic carbocycles. The lowest BCUT2D eigenvalue weighted by Gasteiger charge is -2.11. The molecule has 2 N–H and O–H groups in total. The van der Waals surface area contributed by atoms with Gasteiger partial charge in [-0.3, -0.25) is 0 Å². The molecule has 0 aliphatic heterocycles. The van der Waals surface area contributed by atoms with Gasteiger partial charge in [0.05, 0.1) is 10.6 Å². The summed E-state index contributed by atoms with van der Waals surface area (Å²) in [5, 5.41) is 4.34. The summed E-state index contributed by atoms with van der Waals surface area (Å²) in [6, 6.07) is 7.19. The fourth-order valence-electron chi connectivity index (χ4n) is 1.28. The van der Waals surface area contributed by atoms with Crippen LogP contribution in [-0.2, 0) is 12.1 Å². The molecule has 5 nitrogen and oxygen atoms in total. The highest BCUT2D eigenvalue weighted by Gasteiger charge is 2.21.